The lowest BCUT2D eigenvalue weighted by Gasteiger charge is -2.16. The molecule has 1 amide bonds. The molecule has 0 spiro atoms. The fourth-order valence-electron chi connectivity index (χ4n) is 1.89. The normalized spacial score (nSPS) is 12.1. The molecule has 0 fully saturated rings. The van der Waals surface area contributed by atoms with Crippen molar-refractivity contribution >= 4 is 33.7 Å². The summed E-state index contributed by atoms with van der Waals surface area (Å²) in [6.07, 6.45) is 2.30. The Kier molecular flexibility index (Phi) is 6.15. The van der Waals surface area contributed by atoms with Gasteiger partial charge in [-0.1, -0.05) is 53.2 Å². The number of carbonyl (C=O) groups excluding carboxylic acids is 1. The minimum atomic E-state index is -0.315. The molecule has 4 nitrogen and oxygen atoms in total. The Hall–Kier alpha value is -2.14. The van der Waals surface area contributed by atoms with Gasteiger partial charge < -0.3 is 5.32 Å². The molecule has 0 unspecified atom stereocenters. The number of hydrogen-bond donors (Lipinski definition) is 2. The zero-order valence-corrected chi connectivity index (χ0v) is 13.9. The van der Waals surface area contributed by atoms with E-state index in [4.69, 9.17) is 0 Å². The summed E-state index contributed by atoms with van der Waals surface area (Å²) in [7, 11) is 0. The number of para-hydroxylation sites is 1. The molecule has 2 aromatic rings. The first kappa shape index (κ1) is 16.2. The van der Waals surface area contributed by atoms with Crippen LogP contribution in [-0.4, -0.2) is 18.2 Å². The van der Waals surface area contributed by atoms with Gasteiger partial charge >= 0.3 is 0 Å². The number of anilines is 1. The fourth-order valence-corrected chi connectivity index (χ4v) is 2.15. The number of rotatable bonds is 6. The van der Waals surface area contributed by atoms with E-state index in [9.17, 15) is 4.79 Å². The molecular weight excluding hydrogens is 342 g/mol. The van der Waals surface area contributed by atoms with Gasteiger partial charge in [0.25, 0.3) is 5.91 Å². The predicted octanol–water partition coefficient (Wildman–Crippen LogP) is 3.79. The second-order valence-electron chi connectivity index (χ2n) is 4.76. The summed E-state index contributed by atoms with van der Waals surface area (Å²) < 4.78 is 1.01. The second-order valence-corrected chi connectivity index (χ2v) is 5.67. The van der Waals surface area contributed by atoms with Crippen molar-refractivity contribution in [1.29, 1.82) is 0 Å². The van der Waals surface area contributed by atoms with Crippen molar-refractivity contribution in [2.75, 3.05) is 5.32 Å². The SMILES string of the molecule is CC[C@H](Nc1ccccc1)C(=O)N/N=C\c1ccc(Br)cc1. The number of benzene rings is 2. The van der Waals surface area contributed by atoms with Crippen LogP contribution < -0.4 is 10.7 Å². The van der Waals surface area contributed by atoms with E-state index < -0.39 is 0 Å². The van der Waals surface area contributed by atoms with Gasteiger partial charge in [-0.05, 0) is 36.2 Å². The molecule has 0 heterocycles. The topological polar surface area (TPSA) is 53.5 Å². The van der Waals surface area contributed by atoms with Crippen LogP contribution in [0.3, 0.4) is 0 Å². The lowest BCUT2D eigenvalue weighted by Crippen LogP contribution is -2.36. The van der Waals surface area contributed by atoms with Gasteiger partial charge in [-0.25, -0.2) is 5.43 Å². The van der Waals surface area contributed by atoms with E-state index in [-0.39, 0.29) is 11.9 Å². The molecule has 22 heavy (non-hydrogen) atoms. The standard InChI is InChI=1S/C17H18BrN3O/c1-2-16(20-15-6-4-3-5-7-15)17(22)21-19-12-13-8-10-14(18)11-9-13/h3-12,16,20H,2H2,1H3,(H,21,22)/b19-12-/t16-/m0/s1. The Morgan fingerprint density at radius 1 is 1.18 bits per heavy atom. The van der Waals surface area contributed by atoms with Crippen LogP contribution in [-0.2, 0) is 4.79 Å². The van der Waals surface area contributed by atoms with Crippen LogP contribution in [0.15, 0.2) is 64.2 Å². The van der Waals surface area contributed by atoms with Gasteiger partial charge in [0, 0.05) is 10.2 Å². The van der Waals surface area contributed by atoms with E-state index in [2.05, 4.69) is 31.8 Å². The van der Waals surface area contributed by atoms with Gasteiger partial charge in [0.1, 0.15) is 6.04 Å². The quantitative estimate of drug-likeness (QED) is 0.608. The van der Waals surface area contributed by atoms with Gasteiger partial charge in [-0.2, -0.15) is 5.10 Å². The van der Waals surface area contributed by atoms with E-state index in [0.29, 0.717) is 6.42 Å². The van der Waals surface area contributed by atoms with E-state index >= 15 is 0 Å². The maximum atomic E-state index is 12.1. The van der Waals surface area contributed by atoms with Crippen LogP contribution in [0.5, 0.6) is 0 Å². The monoisotopic (exact) mass is 359 g/mol. The average Bonchev–Trinajstić information content (AvgIpc) is 2.55. The van der Waals surface area contributed by atoms with Crippen LogP contribution in [0.25, 0.3) is 0 Å². The number of amides is 1. The lowest BCUT2D eigenvalue weighted by molar-refractivity contribution is -0.121. The molecule has 0 aliphatic rings. The van der Waals surface area contributed by atoms with Crippen molar-refractivity contribution in [1.82, 2.24) is 5.43 Å². The summed E-state index contributed by atoms with van der Waals surface area (Å²) in [6, 6.07) is 17.0. The summed E-state index contributed by atoms with van der Waals surface area (Å²) in [5.41, 5.74) is 4.41. The molecule has 0 aliphatic carbocycles. The molecule has 2 N–H and O–H groups in total. The maximum absolute atomic E-state index is 12.1. The van der Waals surface area contributed by atoms with E-state index in [1.807, 2.05) is 61.5 Å². The number of nitrogens with zero attached hydrogens (tertiary/aromatic N) is 1. The Morgan fingerprint density at radius 3 is 2.50 bits per heavy atom. The third-order valence-electron chi connectivity index (χ3n) is 3.10. The molecule has 0 radical (unpaired) electrons. The highest BCUT2D eigenvalue weighted by Crippen LogP contribution is 2.10. The van der Waals surface area contributed by atoms with Crippen molar-refractivity contribution < 1.29 is 4.79 Å². The van der Waals surface area contributed by atoms with Gasteiger partial charge in [0.05, 0.1) is 6.21 Å². The summed E-state index contributed by atoms with van der Waals surface area (Å²) in [4.78, 5) is 12.1. The number of hydrazone groups is 1. The predicted molar refractivity (Wildman–Crippen MR) is 94.0 cm³/mol. The molecular formula is C17H18BrN3O. The number of nitrogens with one attached hydrogen (secondary N) is 2. The van der Waals surface area contributed by atoms with Gasteiger partial charge in [-0.15, -0.1) is 0 Å². The fraction of sp³-hybridized carbons (Fsp3) is 0.176. The lowest BCUT2D eigenvalue weighted by atomic mass is 10.2. The van der Waals surface area contributed by atoms with Crippen LogP contribution >= 0.6 is 15.9 Å². The highest BCUT2D eigenvalue weighted by atomic mass is 79.9. The van der Waals surface area contributed by atoms with Crippen LogP contribution in [0.4, 0.5) is 5.69 Å². The molecule has 0 aliphatic heterocycles. The first-order valence-corrected chi connectivity index (χ1v) is 7.88. The van der Waals surface area contributed by atoms with E-state index in [1.54, 1.807) is 6.21 Å². The van der Waals surface area contributed by atoms with Gasteiger partial charge in [-0.3, -0.25) is 4.79 Å². The molecule has 0 bridgehead atoms. The Balaban J connectivity index is 1.90. The first-order chi connectivity index (χ1) is 10.7. The van der Waals surface area contributed by atoms with Crippen LogP contribution in [0, 0.1) is 0 Å². The van der Waals surface area contributed by atoms with Crippen LogP contribution in [0.2, 0.25) is 0 Å². The van der Waals surface area contributed by atoms with Crippen molar-refractivity contribution in [3.8, 4) is 0 Å². The molecule has 0 saturated heterocycles. The van der Waals surface area contributed by atoms with Gasteiger partial charge in [0.15, 0.2) is 0 Å². The highest BCUT2D eigenvalue weighted by molar-refractivity contribution is 9.10. The average molecular weight is 360 g/mol. The highest BCUT2D eigenvalue weighted by Gasteiger charge is 2.15. The molecule has 114 valence electrons. The summed E-state index contributed by atoms with van der Waals surface area (Å²) in [5, 5.41) is 7.19. The molecule has 0 saturated carbocycles. The third-order valence-corrected chi connectivity index (χ3v) is 3.63. The largest absolute Gasteiger partial charge is 0.374 e. The molecule has 2 aromatic carbocycles. The molecule has 0 aromatic heterocycles. The molecule has 5 heteroatoms. The Labute approximate surface area is 138 Å². The maximum Gasteiger partial charge on any atom is 0.262 e. The Morgan fingerprint density at radius 2 is 1.86 bits per heavy atom. The van der Waals surface area contributed by atoms with Crippen molar-refractivity contribution in [3.63, 3.8) is 0 Å². The van der Waals surface area contributed by atoms with Crippen molar-refractivity contribution in [2.24, 2.45) is 5.10 Å². The van der Waals surface area contributed by atoms with Crippen molar-refractivity contribution in [2.45, 2.75) is 19.4 Å². The second kappa shape index (κ2) is 8.34. The van der Waals surface area contributed by atoms with E-state index in [0.717, 1.165) is 15.7 Å². The van der Waals surface area contributed by atoms with Crippen LogP contribution in [0.1, 0.15) is 18.9 Å². The summed E-state index contributed by atoms with van der Waals surface area (Å²) >= 11 is 3.37. The number of halogens is 1. The zero-order valence-electron chi connectivity index (χ0n) is 12.3. The zero-order chi connectivity index (χ0) is 15.8. The smallest absolute Gasteiger partial charge is 0.262 e. The minimum absolute atomic E-state index is 0.153. The first-order valence-electron chi connectivity index (χ1n) is 7.09. The van der Waals surface area contributed by atoms with Gasteiger partial charge in [0.2, 0.25) is 0 Å². The third kappa shape index (κ3) is 5.00. The van der Waals surface area contributed by atoms with Crippen molar-refractivity contribution in [3.05, 3.63) is 64.6 Å². The number of hydrogen-bond acceptors (Lipinski definition) is 3. The minimum Gasteiger partial charge on any atom is -0.374 e. The number of carbonyl (C=O) groups is 1. The summed E-state index contributed by atoms with van der Waals surface area (Å²) in [5.74, 6) is -0.153. The summed E-state index contributed by atoms with van der Waals surface area (Å²) in [6.45, 7) is 1.96. The van der Waals surface area contributed by atoms with E-state index in [1.165, 1.54) is 0 Å². The molecule has 1 atom stereocenters. The molecule has 2 rings (SSSR count). The Bertz CT molecular complexity index is 626.